The molecule has 1 aliphatic carbocycles. The maximum Gasteiger partial charge on any atom is 0.241 e. The third-order valence-corrected chi connectivity index (χ3v) is 10.6. The Morgan fingerprint density at radius 3 is 2.22 bits per heavy atom. The van der Waals surface area contributed by atoms with Gasteiger partial charge in [0.2, 0.25) is 17.7 Å². The van der Waals surface area contributed by atoms with Crippen LogP contribution in [0.25, 0.3) is 28.0 Å². The van der Waals surface area contributed by atoms with E-state index in [2.05, 4.69) is 44.7 Å². The number of aromatic nitrogens is 3. The maximum absolute atomic E-state index is 13.4. The Hall–Kier alpha value is -5.35. The van der Waals surface area contributed by atoms with Gasteiger partial charge >= 0.3 is 0 Å². The average Bonchev–Trinajstić information content (AvgIpc) is 3.56. The molecule has 1 unspecified atom stereocenters. The highest BCUT2D eigenvalue weighted by Crippen LogP contribution is 2.37. The first kappa shape index (κ1) is 31.0. The minimum absolute atomic E-state index is 0.124. The second kappa shape index (κ2) is 12.9. The van der Waals surface area contributed by atoms with Crippen LogP contribution < -0.4 is 10.2 Å². The number of carbonyl (C=O) groups is 3. The minimum atomic E-state index is -0.252. The van der Waals surface area contributed by atoms with Gasteiger partial charge in [-0.2, -0.15) is 0 Å². The molecule has 10 heteroatoms. The molecule has 1 saturated carbocycles. The van der Waals surface area contributed by atoms with E-state index in [1.807, 2.05) is 64.2 Å². The molecular formula is C39H38N6O4. The molecule has 2 saturated heterocycles. The molecule has 3 amide bonds. The summed E-state index contributed by atoms with van der Waals surface area (Å²) in [5.41, 5.74) is 6.98. The van der Waals surface area contributed by atoms with Crippen LogP contribution in [0.15, 0.2) is 91.1 Å². The molecule has 5 aromatic rings. The number of piperidine rings is 1. The van der Waals surface area contributed by atoms with Crippen LogP contribution in [0.5, 0.6) is 5.75 Å². The van der Waals surface area contributed by atoms with Crippen molar-refractivity contribution in [2.45, 2.75) is 56.4 Å². The summed E-state index contributed by atoms with van der Waals surface area (Å²) in [5.74, 6) is 0.123. The Balaban J connectivity index is 0.877. The van der Waals surface area contributed by atoms with Crippen molar-refractivity contribution in [2.75, 3.05) is 24.5 Å². The van der Waals surface area contributed by atoms with Gasteiger partial charge in [0.25, 0.3) is 0 Å². The van der Waals surface area contributed by atoms with Crippen LogP contribution in [0.4, 0.5) is 5.69 Å². The number of amides is 3. The van der Waals surface area contributed by atoms with Gasteiger partial charge in [0.15, 0.2) is 0 Å². The standard InChI is InChI=1S/C39H38N6O4/c46-36-4-2-1-3-32(36)34-23-35-33(41-42-34)19-20-44(35)29-13-15-30(16-14-29)45-22-21-43(24-38(45)48)28-11-9-26(10-12-28)25-5-7-27(8-6-25)31-17-18-37(47)40-39(31)49/h1-8,13-16,19-20,23,26,28,31,46H,9-12,17-18,21-22,24H2,(H,40,47,49). The monoisotopic (exact) mass is 654 g/mol. The molecule has 2 aliphatic heterocycles. The normalized spacial score (nSPS) is 22.0. The van der Waals surface area contributed by atoms with Crippen molar-refractivity contribution in [1.29, 1.82) is 0 Å². The van der Waals surface area contributed by atoms with E-state index in [9.17, 15) is 19.5 Å². The van der Waals surface area contributed by atoms with Crippen molar-refractivity contribution in [3.05, 3.63) is 102 Å². The van der Waals surface area contributed by atoms with E-state index in [1.165, 1.54) is 5.56 Å². The van der Waals surface area contributed by atoms with Crippen molar-refractivity contribution in [3.8, 4) is 22.7 Å². The molecule has 248 valence electrons. The number of imide groups is 1. The Morgan fingerprint density at radius 1 is 0.755 bits per heavy atom. The van der Waals surface area contributed by atoms with Crippen LogP contribution in [0.1, 0.15) is 61.5 Å². The lowest BCUT2D eigenvalue weighted by molar-refractivity contribution is -0.134. The summed E-state index contributed by atoms with van der Waals surface area (Å²) in [7, 11) is 0. The number of hydrogen-bond acceptors (Lipinski definition) is 7. The van der Waals surface area contributed by atoms with Crippen LogP contribution in [-0.2, 0) is 14.4 Å². The number of piperazine rings is 1. The number of nitrogens with one attached hydrogen (secondary N) is 1. The number of aromatic hydroxyl groups is 1. The highest BCUT2D eigenvalue weighted by atomic mass is 16.3. The van der Waals surface area contributed by atoms with Crippen molar-refractivity contribution in [3.63, 3.8) is 0 Å². The zero-order valence-electron chi connectivity index (χ0n) is 27.2. The van der Waals surface area contributed by atoms with Crippen molar-refractivity contribution in [1.82, 2.24) is 25.0 Å². The second-order valence-corrected chi connectivity index (χ2v) is 13.4. The third-order valence-electron chi connectivity index (χ3n) is 10.6. The largest absolute Gasteiger partial charge is 0.507 e. The molecule has 3 aromatic carbocycles. The molecule has 3 aliphatic rings. The van der Waals surface area contributed by atoms with Crippen molar-refractivity contribution in [2.24, 2.45) is 0 Å². The third kappa shape index (κ3) is 6.08. The number of rotatable bonds is 6. The molecule has 2 N–H and O–H groups in total. The fraction of sp³-hybridized carbons (Fsp3) is 0.308. The lowest BCUT2D eigenvalue weighted by atomic mass is 9.80. The van der Waals surface area contributed by atoms with E-state index in [-0.39, 0.29) is 29.4 Å². The number of carbonyl (C=O) groups excluding carboxylic acids is 3. The van der Waals surface area contributed by atoms with Crippen LogP contribution in [0, 0.1) is 0 Å². The minimum Gasteiger partial charge on any atom is -0.507 e. The number of benzene rings is 3. The highest BCUT2D eigenvalue weighted by molar-refractivity contribution is 6.01. The van der Waals surface area contributed by atoms with Gasteiger partial charge in [-0.25, -0.2) is 0 Å². The molecule has 0 radical (unpaired) electrons. The number of hydrogen-bond donors (Lipinski definition) is 2. The van der Waals surface area contributed by atoms with Gasteiger partial charge in [0.05, 0.1) is 23.7 Å². The Kier molecular flexibility index (Phi) is 8.17. The molecule has 0 spiro atoms. The summed E-state index contributed by atoms with van der Waals surface area (Å²) in [4.78, 5) is 41.5. The van der Waals surface area contributed by atoms with E-state index in [4.69, 9.17) is 0 Å². The van der Waals surface area contributed by atoms with Crippen LogP contribution in [-0.4, -0.2) is 68.2 Å². The zero-order valence-corrected chi connectivity index (χ0v) is 27.2. The summed E-state index contributed by atoms with van der Waals surface area (Å²) in [6.07, 6.45) is 7.18. The summed E-state index contributed by atoms with van der Waals surface area (Å²) in [6, 6.07) is 27.8. The molecular weight excluding hydrogens is 616 g/mol. The zero-order chi connectivity index (χ0) is 33.5. The molecule has 3 fully saturated rings. The van der Waals surface area contributed by atoms with Crippen LogP contribution in [0.2, 0.25) is 0 Å². The SMILES string of the molecule is O=C1CCC(c2ccc(C3CCC(N4CCN(c5ccc(-n6ccc7nnc(-c8ccccc8O)cc76)cc5)C(=O)C4)CC3)cc2)C(=O)N1. The van der Waals surface area contributed by atoms with E-state index < -0.39 is 0 Å². The van der Waals surface area contributed by atoms with Crippen LogP contribution >= 0.6 is 0 Å². The highest BCUT2D eigenvalue weighted by Gasteiger charge is 2.33. The lowest BCUT2D eigenvalue weighted by Gasteiger charge is -2.41. The number of para-hydroxylation sites is 1. The van der Waals surface area contributed by atoms with Crippen molar-refractivity contribution < 1.29 is 19.5 Å². The number of fused-ring (bicyclic) bond motifs is 1. The van der Waals surface area contributed by atoms with Gasteiger partial charge in [-0.1, -0.05) is 36.4 Å². The van der Waals surface area contributed by atoms with Crippen LogP contribution in [0.3, 0.4) is 0 Å². The van der Waals surface area contributed by atoms with Gasteiger partial charge in [-0.3, -0.25) is 24.6 Å². The van der Waals surface area contributed by atoms with E-state index in [0.29, 0.717) is 49.1 Å². The van der Waals surface area contributed by atoms with Gasteiger partial charge in [-0.05, 0) is 97.7 Å². The van der Waals surface area contributed by atoms with Gasteiger partial charge in [0, 0.05) is 48.7 Å². The molecule has 4 heterocycles. The Morgan fingerprint density at radius 2 is 1.49 bits per heavy atom. The summed E-state index contributed by atoms with van der Waals surface area (Å²) in [6.45, 7) is 1.93. The first-order valence-corrected chi connectivity index (χ1v) is 17.1. The van der Waals surface area contributed by atoms with Gasteiger partial charge < -0.3 is 14.6 Å². The average molecular weight is 655 g/mol. The molecule has 0 bridgehead atoms. The molecule has 2 aromatic heterocycles. The summed E-state index contributed by atoms with van der Waals surface area (Å²) >= 11 is 0. The second-order valence-electron chi connectivity index (χ2n) is 13.4. The molecule has 49 heavy (non-hydrogen) atoms. The summed E-state index contributed by atoms with van der Waals surface area (Å²) in [5, 5.41) is 21.5. The predicted octanol–water partition coefficient (Wildman–Crippen LogP) is 5.69. The number of nitrogens with zero attached hydrogens (tertiary/aromatic N) is 5. The van der Waals surface area contributed by atoms with Crippen molar-refractivity contribution >= 4 is 34.4 Å². The number of anilines is 1. The topological polar surface area (TPSA) is 121 Å². The number of phenols is 1. The summed E-state index contributed by atoms with van der Waals surface area (Å²) < 4.78 is 2.04. The first-order chi connectivity index (χ1) is 23.9. The van der Waals surface area contributed by atoms with E-state index in [0.717, 1.165) is 60.2 Å². The first-order valence-electron chi connectivity index (χ1n) is 17.1. The fourth-order valence-electron chi connectivity index (χ4n) is 7.83. The quantitative estimate of drug-likeness (QED) is 0.226. The Bertz CT molecular complexity index is 2030. The number of phenolic OH excluding ortho intramolecular Hbond substituents is 1. The smallest absolute Gasteiger partial charge is 0.241 e. The van der Waals surface area contributed by atoms with E-state index >= 15 is 0 Å². The van der Waals surface area contributed by atoms with Gasteiger partial charge in [-0.15, -0.1) is 10.2 Å². The van der Waals surface area contributed by atoms with Gasteiger partial charge in [0.1, 0.15) is 11.3 Å². The predicted molar refractivity (Wildman–Crippen MR) is 186 cm³/mol. The molecule has 1 atom stereocenters. The van der Waals surface area contributed by atoms with E-state index in [1.54, 1.807) is 12.1 Å². The molecule has 10 nitrogen and oxygen atoms in total. The fourth-order valence-corrected chi connectivity index (χ4v) is 7.83. The molecule has 8 rings (SSSR count). The maximum atomic E-state index is 13.4. The Labute approximate surface area is 284 Å². The lowest BCUT2D eigenvalue weighted by Crippen LogP contribution is -2.54.